The fraction of sp³-hybridized carbons (Fsp3) is 0.0625. The Morgan fingerprint density at radius 1 is 0.889 bits per heavy atom. The van der Waals surface area contributed by atoms with Gasteiger partial charge in [0, 0.05) is 11.1 Å². The minimum absolute atomic E-state index is 0.170. The van der Waals surface area contributed by atoms with Gasteiger partial charge in [-0.25, -0.2) is 29.9 Å². The summed E-state index contributed by atoms with van der Waals surface area (Å²) in [5.41, 5.74) is 7.43. The van der Waals surface area contributed by atoms with Crippen LogP contribution >= 0.6 is 0 Å². The van der Waals surface area contributed by atoms with Crippen molar-refractivity contribution in [2.24, 2.45) is 5.73 Å². The van der Waals surface area contributed by atoms with E-state index < -0.39 is 5.91 Å². The smallest absolute Gasteiger partial charge is 0.290 e. The van der Waals surface area contributed by atoms with Gasteiger partial charge in [-0.1, -0.05) is 5.16 Å². The number of nitrogens with two attached hydrogens (primary N) is 1. The Morgan fingerprint density at radius 3 is 1.93 bits per heavy atom. The fourth-order valence-electron chi connectivity index (χ4n) is 2.43. The zero-order valence-corrected chi connectivity index (χ0v) is 13.7. The third-order valence-electron chi connectivity index (χ3n) is 3.54. The van der Waals surface area contributed by atoms with Gasteiger partial charge < -0.3 is 10.3 Å². The Kier molecular flexibility index (Phi) is 4.23. The Balaban J connectivity index is 1.76. The van der Waals surface area contributed by atoms with Gasteiger partial charge in [0.1, 0.15) is 25.3 Å². The maximum absolute atomic E-state index is 11.1. The molecular formula is C16H11N9O2. The lowest BCUT2D eigenvalue weighted by Crippen LogP contribution is -2.12. The number of carbonyl (C=O) groups excluding carboxylic acids is 1. The monoisotopic (exact) mass is 361 g/mol. The maximum Gasteiger partial charge on any atom is 0.290 e. The number of amides is 1. The number of nitrogens with zero attached hydrogens (tertiary/aromatic N) is 8. The first kappa shape index (κ1) is 16.3. The normalized spacial score (nSPS) is 10.7. The highest BCUT2D eigenvalue weighted by atomic mass is 16.5. The van der Waals surface area contributed by atoms with Crippen molar-refractivity contribution in [3.63, 3.8) is 0 Å². The van der Waals surface area contributed by atoms with E-state index in [2.05, 4.69) is 40.0 Å². The summed E-state index contributed by atoms with van der Waals surface area (Å²) in [7, 11) is 0. The molecule has 132 valence electrons. The van der Waals surface area contributed by atoms with Gasteiger partial charge in [-0.05, 0) is 23.8 Å². The Bertz CT molecular complexity index is 1030. The first-order chi connectivity index (χ1) is 13.2. The van der Waals surface area contributed by atoms with Gasteiger partial charge in [0.05, 0.1) is 6.42 Å². The van der Waals surface area contributed by atoms with E-state index in [-0.39, 0.29) is 18.1 Å². The number of aromatic nitrogens is 8. The van der Waals surface area contributed by atoms with Crippen LogP contribution in [0.2, 0.25) is 0 Å². The molecule has 3 heterocycles. The van der Waals surface area contributed by atoms with Gasteiger partial charge >= 0.3 is 0 Å². The standard InChI is InChI=1S/C16H11N9O2/c17-13(26)16-24-12(27-25-16)3-9-1-10(14-20-5-18-6-21-14)4-11(2-9)15-22-7-19-8-23-15/h1-2,4-8H,3H2,(H2,17,26). The molecular weight excluding hydrogens is 350 g/mol. The second kappa shape index (κ2) is 7.00. The second-order valence-corrected chi connectivity index (χ2v) is 5.39. The minimum atomic E-state index is -0.755. The van der Waals surface area contributed by atoms with E-state index in [0.717, 1.165) is 16.7 Å². The van der Waals surface area contributed by atoms with Crippen molar-refractivity contribution in [2.75, 3.05) is 0 Å². The summed E-state index contributed by atoms with van der Waals surface area (Å²) in [5.74, 6) is 0.306. The Labute approximate surface area is 151 Å². The second-order valence-electron chi connectivity index (χ2n) is 5.39. The average Bonchev–Trinajstić information content (AvgIpc) is 3.18. The van der Waals surface area contributed by atoms with E-state index in [1.54, 1.807) is 0 Å². The first-order valence-electron chi connectivity index (χ1n) is 7.70. The Hall–Kier alpha value is -4.15. The molecule has 0 aliphatic heterocycles. The average molecular weight is 361 g/mol. The van der Waals surface area contributed by atoms with Gasteiger partial charge in [-0.2, -0.15) is 4.98 Å². The van der Waals surface area contributed by atoms with E-state index in [9.17, 15) is 4.79 Å². The first-order valence-corrected chi connectivity index (χ1v) is 7.70. The molecule has 11 nitrogen and oxygen atoms in total. The van der Waals surface area contributed by atoms with Crippen LogP contribution in [0.5, 0.6) is 0 Å². The van der Waals surface area contributed by atoms with Gasteiger partial charge in [-0.15, -0.1) is 0 Å². The highest BCUT2D eigenvalue weighted by Gasteiger charge is 2.14. The lowest BCUT2D eigenvalue weighted by atomic mass is 10.0. The van der Waals surface area contributed by atoms with Crippen LogP contribution in [0.3, 0.4) is 0 Å². The topological polar surface area (TPSA) is 159 Å². The van der Waals surface area contributed by atoms with Crippen LogP contribution in [0.4, 0.5) is 0 Å². The van der Waals surface area contributed by atoms with Gasteiger partial charge in [0.2, 0.25) is 5.89 Å². The predicted molar refractivity (Wildman–Crippen MR) is 89.7 cm³/mol. The van der Waals surface area contributed by atoms with Crippen molar-refractivity contribution in [1.82, 2.24) is 40.0 Å². The van der Waals surface area contributed by atoms with Crippen LogP contribution in [-0.4, -0.2) is 46.0 Å². The predicted octanol–water partition coefficient (Wildman–Crippen LogP) is 0.463. The quantitative estimate of drug-likeness (QED) is 0.529. The largest absolute Gasteiger partial charge is 0.363 e. The highest BCUT2D eigenvalue weighted by Crippen LogP contribution is 2.25. The summed E-state index contributed by atoms with van der Waals surface area (Å²) >= 11 is 0. The molecule has 0 fully saturated rings. The van der Waals surface area contributed by atoms with E-state index in [0.29, 0.717) is 11.6 Å². The molecule has 0 bridgehead atoms. The minimum Gasteiger partial charge on any atom is -0.363 e. The summed E-state index contributed by atoms with van der Waals surface area (Å²) in [4.78, 5) is 39.5. The molecule has 0 radical (unpaired) electrons. The maximum atomic E-state index is 11.1. The number of hydrogen-bond donors (Lipinski definition) is 1. The van der Waals surface area contributed by atoms with Gasteiger partial charge in [0.25, 0.3) is 11.7 Å². The van der Waals surface area contributed by atoms with Crippen LogP contribution in [0.15, 0.2) is 48.0 Å². The molecule has 0 saturated carbocycles. The van der Waals surface area contributed by atoms with Crippen LogP contribution < -0.4 is 5.73 Å². The fourth-order valence-corrected chi connectivity index (χ4v) is 2.43. The molecule has 2 N–H and O–H groups in total. The zero-order valence-electron chi connectivity index (χ0n) is 13.7. The SMILES string of the molecule is NC(=O)c1noc(Cc2cc(-c3ncncn3)cc(-c3ncncn3)c2)n1. The number of hydrogen-bond acceptors (Lipinski definition) is 10. The molecule has 0 spiro atoms. The van der Waals surface area contributed by atoms with Crippen LogP contribution in [0.1, 0.15) is 22.1 Å². The highest BCUT2D eigenvalue weighted by molar-refractivity contribution is 5.88. The lowest BCUT2D eigenvalue weighted by Gasteiger charge is -2.07. The van der Waals surface area contributed by atoms with Crippen molar-refractivity contribution in [3.8, 4) is 22.8 Å². The molecule has 27 heavy (non-hydrogen) atoms. The van der Waals surface area contributed by atoms with Crippen molar-refractivity contribution in [3.05, 3.63) is 60.8 Å². The molecule has 0 aliphatic carbocycles. The van der Waals surface area contributed by atoms with E-state index in [4.69, 9.17) is 10.3 Å². The number of rotatable bonds is 5. The summed E-state index contributed by atoms with van der Waals surface area (Å²) in [6.07, 6.45) is 5.92. The Morgan fingerprint density at radius 2 is 1.44 bits per heavy atom. The van der Waals surface area contributed by atoms with E-state index in [1.165, 1.54) is 25.3 Å². The third-order valence-corrected chi connectivity index (χ3v) is 3.54. The van der Waals surface area contributed by atoms with Crippen LogP contribution in [-0.2, 0) is 6.42 Å². The van der Waals surface area contributed by atoms with Gasteiger partial charge in [-0.3, -0.25) is 4.79 Å². The molecule has 0 aliphatic rings. The van der Waals surface area contributed by atoms with Crippen molar-refractivity contribution in [1.29, 1.82) is 0 Å². The van der Waals surface area contributed by atoms with Crippen LogP contribution in [0, 0.1) is 0 Å². The number of benzene rings is 1. The van der Waals surface area contributed by atoms with Crippen molar-refractivity contribution >= 4 is 5.91 Å². The molecule has 4 aromatic rings. The molecule has 1 amide bonds. The van der Waals surface area contributed by atoms with Gasteiger partial charge in [0.15, 0.2) is 11.6 Å². The van der Waals surface area contributed by atoms with Crippen LogP contribution in [0.25, 0.3) is 22.8 Å². The molecule has 4 rings (SSSR count). The van der Waals surface area contributed by atoms with Crippen molar-refractivity contribution in [2.45, 2.75) is 6.42 Å². The molecule has 0 unspecified atom stereocenters. The van der Waals surface area contributed by atoms with Crippen molar-refractivity contribution < 1.29 is 9.32 Å². The zero-order chi connectivity index (χ0) is 18.6. The van der Waals surface area contributed by atoms with E-state index >= 15 is 0 Å². The molecule has 0 atom stereocenters. The van der Waals surface area contributed by atoms with E-state index in [1.807, 2.05) is 18.2 Å². The molecule has 1 aromatic carbocycles. The molecule has 11 heteroatoms. The molecule has 3 aromatic heterocycles. The molecule has 0 saturated heterocycles. The lowest BCUT2D eigenvalue weighted by molar-refractivity contribution is 0.0987. The summed E-state index contributed by atoms with van der Waals surface area (Å²) in [6, 6.07) is 5.60. The number of primary amides is 1. The summed E-state index contributed by atoms with van der Waals surface area (Å²) < 4.78 is 5.08. The summed E-state index contributed by atoms with van der Waals surface area (Å²) in [5, 5.41) is 3.55. The summed E-state index contributed by atoms with van der Waals surface area (Å²) in [6.45, 7) is 0. The number of carbonyl (C=O) groups is 1. The third kappa shape index (κ3) is 3.61.